The molecule has 34 rings (SSSR count). The molecule has 0 aliphatic carbocycles. The molecule has 24 nitrogen and oxygen atoms in total. The quantitative estimate of drug-likeness (QED) is 0.220. The topological polar surface area (TPSA) is 222 Å². The number of thioether (sulfide) groups is 24. The fraction of sp³-hybridized carbons (Fsp3) is 1.00. The Kier molecular flexibility index (Phi) is 65.7. The second-order valence-electron chi connectivity index (χ2n) is 31.5. The summed E-state index contributed by atoms with van der Waals surface area (Å²) in [6.07, 6.45) is -3.34. The van der Waals surface area contributed by atoms with Crippen molar-refractivity contribution < 1.29 is 114 Å². The van der Waals surface area contributed by atoms with E-state index in [0.717, 1.165) is 276 Å². The van der Waals surface area contributed by atoms with Crippen LogP contribution in [-0.4, -0.2) is 504 Å². The highest BCUT2D eigenvalue weighted by molar-refractivity contribution is 8.09. The Labute approximate surface area is 890 Å². The van der Waals surface area contributed by atoms with Gasteiger partial charge in [-0.2, -0.15) is 282 Å². The van der Waals surface area contributed by atoms with Crippen LogP contribution < -0.4 is 0 Å². The maximum Gasteiger partial charge on any atom is 0.167 e. The third-order valence-electron chi connectivity index (χ3n) is 21.5. The summed E-state index contributed by atoms with van der Waals surface area (Å²) >= 11 is 47.3. The second kappa shape index (κ2) is 74.4. The fourth-order valence-electron chi connectivity index (χ4n) is 14.6. The maximum absolute atomic E-state index is 6.29. The van der Waals surface area contributed by atoms with Crippen molar-refractivity contribution in [2.24, 2.45) is 0 Å². The molecule has 0 saturated carbocycles. The van der Waals surface area contributed by atoms with Gasteiger partial charge in [0.25, 0.3) is 0 Å². The Morgan fingerprint density at radius 3 is 0.235 bits per heavy atom. The highest BCUT2D eigenvalue weighted by atomic mass is 32.2. The van der Waals surface area contributed by atoms with Crippen molar-refractivity contribution in [3.05, 3.63) is 0 Å². The van der Waals surface area contributed by atoms with Crippen LogP contribution in [0.3, 0.4) is 0 Å². The molecule has 0 spiro atoms. The first-order chi connectivity index (χ1) is 65.5. The molecule has 34 aliphatic heterocycles. The van der Waals surface area contributed by atoms with Gasteiger partial charge in [0.05, 0.1) is 79.3 Å². The Morgan fingerprint density at radius 2 is 0.159 bits per heavy atom. The van der Waals surface area contributed by atoms with Gasteiger partial charge in [0.15, 0.2) is 75.5 Å². The molecule has 0 unspecified atom stereocenters. The van der Waals surface area contributed by atoms with E-state index in [4.69, 9.17) is 114 Å². The van der Waals surface area contributed by atoms with Gasteiger partial charge in [-0.1, -0.05) is 0 Å². The predicted molar refractivity (Wildman–Crippen MR) is 591 cm³/mol. The molecule has 0 aromatic carbocycles. The molecule has 48 heteroatoms. The van der Waals surface area contributed by atoms with Gasteiger partial charge < -0.3 is 114 Å². The average Bonchev–Trinajstić information content (AvgIpc) is 0.857. The number of hydrogen-bond donors (Lipinski definition) is 0. The average molecular weight is 2310 g/mol. The zero-order valence-corrected chi connectivity index (χ0v) is 95.5. The van der Waals surface area contributed by atoms with Crippen LogP contribution >= 0.6 is 282 Å². The predicted octanol–water partition coefficient (Wildman–Crippen LogP) is 14.5. The molecule has 34 fully saturated rings. The third kappa shape index (κ3) is 48.6. The van der Waals surface area contributed by atoms with Crippen LogP contribution in [0.5, 0.6) is 0 Å². The minimum atomic E-state index is -0.210. The van der Waals surface area contributed by atoms with Gasteiger partial charge in [0, 0.05) is 276 Å². The monoisotopic (exact) mass is 2300 g/mol. The van der Waals surface area contributed by atoms with Crippen LogP contribution in [0.2, 0.25) is 0 Å². The first-order valence-electron chi connectivity index (χ1n) is 46.6. The number of rotatable bonds is 0. The minimum Gasteiger partial charge on any atom is -0.349 e. The van der Waals surface area contributed by atoms with Crippen LogP contribution in [-0.2, 0) is 114 Å². The smallest absolute Gasteiger partial charge is 0.167 e. The van der Waals surface area contributed by atoms with E-state index in [2.05, 4.69) is 0 Å². The summed E-state index contributed by atoms with van der Waals surface area (Å²) in [5.74, 6) is 50.4. The van der Waals surface area contributed by atoms with Crippen molar-refractivity contribution in [1.29, 1.82) is 0 Å². The number of hydrogen-bond acceptors (Lipinski definition) is 48. The molecule has 0 aromatic heterocycles. The normalized spacial score (nSPS) is 39.3. The van der Waals surface area contributed by atoms with Gasteiger partial charge in [-0.3, -0.25) is 0 Å². The molecule has 0 radical (unpaired) electrons. The highest BCUT2D eigenvalue weighted by Gasteiger charge is 2.45. The van der Waals surface area contributed by atoms with Gasteiger partial charge >= 0.3 is 0 Å². The first kappa shape index (κ1) is 117. The lowest BCUT2D eigenvalue weighted by molar-refractivity contribution is -0.326. The van der Waals surface area contributed by atoms with Crippen LogP contribution in [0.4, 0.5) is 0 Å². The second-order valence-corrected chi connectivity index (χ2v) is 60.0. The highest BCUT2D eigenvalue weighted by Crippen LogP contribution is 2.36. The lowest BCUT2D eigenvalue weighted by Gasteiger charge is -2.41. The molecule has 0 N–H and O–H groups in total. The van der Waals surface area contributed by atoms with E-state index in [1.807, 2.05) is 282 Å². The van der Waals surface area contributed by atoms with Gasteiger partial charge in [-0.25, -0.2) is 0 Å². The first-order valence-corrected chi connectivity index (χ1v) is 74.3. The van der Waals surface area contributed by atoms with E-state index in [1.165, 1.54) is 0 Å². The third-order valence-corrected chi connectivity index (χ3v) is 50.0. The van der Waals surface area contributed by atoms with E-state index in [9.17, 15) is 0 Å². The Balaban J connectivity index is 0.415. The van der Waals surface area contributed by atoms with E-state index < -0.39 is 0 Å². The van der Waals surface area contributed by atoms with Gasteiger partial charge in [0.2, 0.25) is 0 Å². The van der Waals surface area contributed by atoms with Crippen LogP contribution in [0.25, 0.3) is 0 Å². The van der Waals surface area contributed by atoms with E-state index in [1.54, 1.807) is 0 Å². The van der Waals surface area contributed by atoms with E-state index in [0.29, 0.717) is 79.3 Å². The fourth-order valence-corrected chi connectivity index (χ4v) is 40.4. The summed E-state index contributed by atoms with van der Waals surface area (Å²) < 4.78 is 149. The minimum absolute atomic E-state index is 0.0683. The van der Waals surface area contributed by atoms with Crippen LogP contribution in [0, 0.1) is 0 Å². The zero-order chi connectivity index (χ0) is 90.2. The molecule has 34 heterocycles. The van der Waals surface area contributed by atoms with E-state index >= 15 is 0 Å². The Bertz CT molecular complexity index is 2220. The van der Waals surface area contributed by atoms with Crippen molar-refractivity contribution >= 4 is 282 Å². The van der Waals surface area contributed by atoms with Gasteiger partial charge in [-0.05, 0) is 0 Å². The summed E-state index contributed by atoms with van der Waals surface area (Å²) in [7, 11) is 0. The van der Waals surface area contributed by atoms with Crippen LogP contribution in [0.15, 0.2) is 0 Å². The van der Waals surface area contributed by atoms with E-state index in [-0.39, 0.29) is 149 Å². The largest absolute Gasteiger partial charge is 0.349 e. The standard InChI is InChI=1S/C84H144O24S24/c1-2-110-14-26-122-50-74-86-39-64-63(98-74)40-88-76(100-64)52-124-28-16-112-5-6-114-18-30-126-54-78-90-43-68-67(102-78)44-92-80(104-68)56-128-32-20-116-9-10-118-22-34-130-58-82-94-47-72-71(106-82)48-96-84(108-72)60-132-36-24-120-12-11-119-23-35-131-59-83-95-46-69-70(107-83)45-93-81(105-69)57-129-33-21-117-8-7-115-19-31-127-55-79-91-42-65-66(103-79)41-89-77(101-65)53-125-29-17-113-4-3-111-15-27-123-51-75-87-38-61-62(99-75)37-85-73(97-61)49-121-25-13-109-1/h61-84H,1-60H2/t61-,62-,63-,64-,65-,66-,67-,68-,69-,70-,71-,72-,73-,74+,75+,76+,77+,78+,79+,80+,81+,82+,83+,84+/m0/s1. The zero-order valence-electron chi connectivity index (χ0n) is 75.9. The molecule has 768 valence electrons. The molecule has 0 aromatic rings. The van der Waals surface area contributed by atoms with Gasteiger partial charge in [-0.15, -0.1) is 0 Å². The molecule has 24 atom stereocenters. The molecular formula is C84H144O24S24. The summed E-state index contributed by atoms with van der Waals surface area (Å²) in [6, 6.07) is 0. The lowest BCUT2D eigenvalue weighted by atomic mass is 10.2. The van der Waals surface area contributed by atoms with Crippen molar-refractivity contribution in [3.63, 3.8) is 0 Å². The SMILES string of the molecule is C1CSCCSC[C@@H]2OC[C@@H]3O[C@H](CSCCSCCSCCSC[C@@H]4OC[C@@H]5O[C@H](CSCCSCCSCCSC[C@@H]6OC[C@@H]7O[C@@H](CSCCSCCSCCSC[C@@H]8OC[C@@H]9O[C@H](CSCCSCCSCCSC[C@@H]%10OC[C@@H]%11O[C@H](CSCCSCCSCCSC[C@@H]%12OC[C@@H]%13O[C@H](CSCCS1)OC[C@@H]%13O%12)OC[C@@H]%11O%10)OC[C@@H]9O8)OC[C@@H]7O6)OC[C@@H]5O4)OC[C@@H]3O2. The molecule has 132 heavy (non-hydrogen) atoms. The molecule has 0 amide bonds. The summed E-state index contributed by atoms with van der Waals surface area (Å²) in [5.41, 5.74) is 0. The molecule has 24 bridgehead atoms. The summed E-state index contributed by atoms with van der Waals surface area (Å²) in [4.78, 5) is 0. The molecular weight excluding hydrogens is 2160 g/mol. The molecule has 34 saturated heterocycles. The van der Waals surface area contributed by atoms with Crippen molar-refractivity contribution in [2.75, 3.05) is 355 Å². The Morgan fingerprint density at radius 1 is 0.0909 bits per heavy atom. The Hall–Kier alpha value is 7.44. The van der Waals surface area contributed by atoms with Crippen molar-refractivity contribution in [1.82, 2.24) is 0 Å². The molecule has 34 aliphatic rings. The van der Waals surface area contributed by atoms with Crippen molar-refractivity contribution in [2.45, 2.75) is 149 Å². The summed E-state index contributed by atoms with van der Waals surface area (Å²) in [6.45, 7) is 6.75. The number of ether oxygens (including phenoxy) is 24. The van der Waals surface area contributed by atoms with Crippen LogP contribution in [0.1, 0.15) is 0 Å². The van der Waals surface area contributed by atoms with Crippen molar-refractivity contribution in [3.8, 4) is 0 Å². The summed E-state index contributed by atoms with van der Waals surface area (Å²) in [5, 5.41) is 0. The lowest BCUT2D eigenvalue weighted by Crippen LogP contribution is -2.54. The maximum atomic E-state index is 6.29. The van der Waals surface area contributed by atoms with Gasteiger partial charge in [0.1, 0.15) is 73.2 Å².